The zero-order chi connectivity index (χ0) is 16.6. The number of aliphatic hydroxyl groups is 1. The monoisotopic (exact) mass is 308 g/mol. The molecule has 0 unspecified atom stereocenters. The SMILES string of the molecule is C=C[C@@](C)(O)CC[C@H]1C(=C)CC[C@@H]2[C@]1(C)CCC[C@@]2(C)OO. The van der Waals surface area contributed by atoms with Crippen molar-refractivity contribution in [2.75, 3.05) is 0 Å². The van der Waals surface area contributed by atoms with E-state index in [2.05, 4.69) is 20.1 Å². The molecule has 3 heteroatoms. The molecule has 0 amide bonds. The zero-order valence-corrected chi connectivity index (χ0v) is 14.4. The zero-order valence-electron chi connectivity index (χ0n) is 14.4. The number of hydrogen-bond acceptors (Lipinski definition) is 3. The Bertz CT molecular complexity index is 442. The number of hydrogen-bond donors (Lipinski definition) is 2. The van der Waals surface area contributed by atoms with Gasteiger partial charge in [-0.1, -0.05) is 25.2 Å². The highest BCUT2D eigenvalue weighted by atomic mass is 17.1. The van der Waals surface area contributed by atoms with Crippen LogP contribution < -0.4 is 0 Å². The quantitative estimate of drug-likeness (QED) is 0.439. The van der Waals surface area contributed by atoms with Crippen LogP contribution in [0.5, 0.6) is 0 Å². The van der Waals surface area contributed by atoms with Gasteiger partial charge < -0.3 is 5.11 Å². The van der Waals surface area contributed by atoms with Gasteiger partial charge in [-0.05, 0) is 76.0 Å². The maximum absolute atomic E-state index is 10.3. The van der Waals surface area contributed by atoms with Gasteiger partial charge in [0, 0.05) is 0 Å². The minimum Gasteiger partial charge on any atom is -0.386 e. The molecule has 2 aliphatic rings. The van der Waals surface area contributed by atoms with E-state index in [1.807, 2.05) is 13.8 Å². The molecule has 0 saturated heterocycles. The Morgan fingerprint density at radius 2 is 2.09 bits per heavy atom. The van der Waals surface area contributed by atoms with E-state index in [0.717, 1.165) is 38.5 Å². The largest absolute Gasteiger partial charge is 0.386 e. The van der Waals surface area contributed by atoms with Gasteiger partial charge in [-0.25, -0.2) is 4.89 Å². The van der Waals surface area contributed by atoms with E-state index in [4.69, 9.17) is 4.89 Å². The van der Waals surface area contributed by atoms with E-state index in [9.17, 15) is 10.4 Å². The van der Waals surface area contributed by atoms with E-state index in [0.29, 0.717) is 18.3 Å². The van der Waals surface area contributed by atoms with Crippen LogP contribution in [0.2, 0.25) is 0 Å². The smallest absolute Gasteiger partial charge is 0.104 e. The molecule has 0 heterocycles. The fourth-order valence-corrected chi connectivity index (χ4v) is 5.07. The standard InChI is InChI=1S/C19H32O3/c1-6-17(3,20)13-10-15-14(2)8-9-16-18(15,4)11-7-12-19(16,5)22-21/h6,15-16,20-21H,1-2,7-13H2,3-5H3/t15-,16+,17+,18+,19+/m0/s1. The van der Waals surface area contributed by atoms with Crippen LogP contribution in [0.3, 0.4) is 0 Å². The van der Waals surface area contributed by atoms with E-state index in [-0.39, 0.29) is 5.41 Å². The molecule has 0 spiro atoms. The summed E-state index contributed by atoms with van der Waals surface area (Å²) >= 11 is 0. The van der Waals surface area contributed by atoms with Crippen LogP contribution in [0.15, 0.2) is 24.8 Å². The Morgan fingerprint density at radius 1 is 1.41 bits per heavy atom. The summed E-state index contributed by atoms with van der Waals surface area (Å²) in [6.45, 7) is 14.2. The maximum Gasteiger partial charge on any atom is 0.104 e. The van der Waals surface area contributed by atoms with Crippen LogP contribution in [-0.2, 0) is 4.89 Å². The van der Waals surface area contributed by atoms with Gasteiger partial charge >= 0.3 is 0 Å². The highest BCUT2D eigenvalue weighted by molar-refractivity contribution is 5.17. The number of fused-ring (bicyclic) bond motifs is 1. The molecule has 0 aromatic rings. The molecule has 22 heavy (non-hydrogen) atoms. The number of allylic oxidation sites excluding steroid dienone is 1. The summed E-state index contributed by atoms with van der Waals surface area (Å²) in [6.07, 6.45) is 8.35. The summed E-state index contributed by atoms with van der Waals surface area (Å²) < 4.78 is 0. The lowest BCUT2D eigenvalue weighted by atomic mass is 9.49. The van der Waals surface area contributed by atoms with Crippen molar-refractivity contribution in [3.05, 3.63) is 24.8 Å². The molecule has 2 N–H and O–H groups in total. The molecule has 5 atom stereocenters. The van der Waals surface area contributed by atoms with E-state index < -0.39 is 11.2 Å². The van der Waals surface area contributed by atoms with Gasteiger partial charge in [-0.2, -0.15) is 0 Å². The summed E-state index contributed by atoms with van der Waals surface area (Å²) in [7, 11) is 0. The topological polar surface area (TPSA) is 49.7 Å². The Morgan fingerprint density at radius 3 is 2.68 bits per heavy atom. The highest BCUT2D eigenvalue weighted by Gasteiger charge is 2.55. The fourth-order valence-electron chi connectivity index (χ4n) is 5.07. The molecule has 3 nitrogen and oxygen atoms in total. The van der Waals surface area contributed by atoms with Crippen LogP contribution in [-0.4, -0.2) is 21.6 Å². The summed E-state index contributed by atoms with van der Waals surface area (Å²) in [5, 5.41) is 19.7. The van der Waals surface area contributed by atoms with Crippen LogP contribution in [0.1, 0.15) is 65.7 Å². The van der Waals surface area contributed by atoms with Gasteiger partial charge in [0.2, 0.25) is 0 Å². The average molecular weight is 308 g/mol. The molecular formula is C19H32O3. The third-order valence-corrected chi connectivity index (χ3v) is 6.55. The van der Waals surface area contributed by atoms with Crippen LogP contribution in [0, 0.1) is 17.3 Å². The van der Waals surface area contributed by atoms with Gasteiger partial charge in [0.25, 0.3) is 0 Å². The molecule has 2 fully saturated rings. The summed E-state index contributed by atoms with van der Waals surface area (Å²) in [4.78, 5) is 4.97. The first kappa shape index (κ1) is 17.7. The van der Waals surface area contributed by atoms with E-state index >= 15 is 0 Å². The van der Waals surface area contributed by atoms with Gasteiger partial charge in [-0.15, -0.1) is 6.58 Å². The molecule has 0 bridgehead atoms. The Labute approximate surface area is 135 Å². The van der Waals surface area contributed by atoms with Crippen LogP contribution in [0.4, 0.5) is 0 Å². The van der Waals surface area contributed by atoms with Crippen molar-refractivity contribution < 1.29 is 15.3 Å². The lowest BCUT2D eigenvalue weighted by Crippen LogP contribution is -2.54. The second-order valence-electron chi connectivity index (χ2n) is 8.17. The molecule has 0 radical (unpaired) electrons. The molecular weight excluding hydrogens is 276 g/mol. The predicted molar refractivity (Wildman–Crippen MR) is 89.5 cm³/mol. The molecule has 0 aromatic heterocycles. The average Bonchev–Trinajstić information content (AvgIpc) is 2.46. The van der Waals surface area contributed by atoms with Crippen molar-refractivity contribution in [3.8, 4) is 0 Å². The maximum atomic E-state index is 10.3. The molecule has 2 aliphatic carbocycles. The fraction of sp³-hybridized carbons (Fsp3) is 0.789. The van der Waals surface area contributed by atoms with E-state index in [1.54, 1.807) is 6.08 Å². The minimum absolute atomic E-state index is 0.0856. The molecule has 2 saturated carbocycles. The van der Waals surface area contributed by atoms with Crippen molar-refractivity contribution >= 4 is 0 Å². The van der Waals surface area contributed by atoms with Crippen molar-refractivity contribution in [2.45, 2.75) is 76.9 Å². The molecule has 2 rings (SSSR count). The van der Waals surface area contributed by atoms with E-state index in [1.165, 1.54) is 5.57 Å². The third kappa shape index (κ3) is 3.04. The summed E-state index contributed by atoms with van der Waals surface area (Å²) in [5.41, 5.74) is 0.102. The first-order valence-electron chi connectivity index (χ1n) is 8.55. The Kier molecular flexibility index (Phi) is 4.91. The lowest BCUT2D eigenvalue weighted by molar-refractivity contribution is -0.353. The molecule has 126 valence electrons. The van der Waals surface area contributed by atoms with Crippen LogP contribution >= 0.6 is 0 Å². The second-order valence-corrected chi connectivity index (χ2v) is 8.17. The third-order valence-electron chi connectivity index (χ3n) is 6.55. The highest BCUT2D eigenvalue weighted by Crippen LogP contribution is 2.60. The lowest BCUT2D eigenvalue weighted by Gasteiger charge is -2.57. The van der Waals surface area contributed by atoms with Gasteiger partial charge in [0.1, 0.15) is 5.60 Å². The van der Waals surface area contributed by atoms with Crippen molar-refractivity contribution in [3.63, 3.8) is 0 Å². The van der Waals surface area contributed by atoms with Gasteiger partial charge in [-0.3, -0.25) is 5.26 Å². The van der Waals surface area contributed by atoms with Crippen molar-refractivity contribution in [1.82, 2.24) is 0 Å². The molecule has 0 aliphatic heterocycles. The van der Waals surface area contributed by atoms with Gasteiger partial charge in [0.05, 0.1) is 5.60 Å². The first-order valence-corrected chi connectivity index (χ1v) is 8.55. The minimum atomic E-state index is -0.824. The Hall–Kier alpha value is -0.640. The van der Waals surface area contributed by atoms with Gasteiger partial charge in [0.15, 0.2) is 0 Å². The van der Waals surface area contributed by atoms with Crippen molar-refractivity contribution in [2.24, 2.45) is 17.3 Å². The summed E-state index contributed by atoms with van der Waals surface area (Å²) in [5.74, 6) is 0.704. The normalized spacial score (nSPS) is 41.6. The molecule has 0 aromatic carbocycles. The van der Waals surface area contributed by atoms with Crippen LogP contribution in [0.25, 0.3) is 0 Å². The number of rotatable bonds is 5. The summed E-state index contributed by atoms with van der Waals surface area (Å²) in [6, 6.07) is 0. The predicted octanol–water partition coefficient (Wildman–Crippen LogP) is 4.72. The van der Waals surface area contributed by atoms with Crippen molar-refractivity contribution in [1.29, 1.82) is 0 Å². The second kappa shape index (κ2) is 6.10. The first-order chi connectivity index (χ1) is 10.2. The Balaban J connectivity index is 2.24.